The normalized spacial score (nSPS) is 24.6. The van der Waals surface area contributed by atoms with Gasteiger partial charge in [0.2, 0.25) is 5.88 Å². The van der Waals surface area contributed by atoms with Crippen LogP contribution in [0.2, 0.25) is 0 Å². The van der Waals surface area contributed by atoms with Crippen LogP contribution in [0.15, 0.2) is 18.3 Å². The summed E-state index contributed by atoms with van der Waals surface area (Å²) < 4.78 is 6.04. The summed E-state index contributed by atoms with van der Waals surface area (Å²) in [6.07, 6.45) is 7.04. The van der Waals surface area contributed by atoms with Crippen LogP contribution in [0, 0.1) is 5.92 Å². The van der Waals surface area contributed by atoms with Crippen molar-refractivity contribution in [3.63, 3.8) is 0 Å². The van der Waals surface area contributed by atoms with Gasteiger partial charge in [0.15, 0.2) is 0 Å². The number of hydrogen-bond donors (Lipinski definition) is 1. The van der Waals surface area contributed by atoms with Crippen LogP contribution in [-0.4, -0.2) is 18.1 Å². The van der Waals surface area contributed by atoms with Crippen molar-refractivity contribution >= 4 is 0 Å². The van der Waals surface area contributed by atoms with Gasteiger partial charge in [-0.25, -0.2) is 4.98 Å². The van der Waals surface area contributed by atoms with E-state index in [1.807, 2.05) is 13.1 Å². The predicted molar refractivity (Wildman–Crippen MR) is 69.0 cm³/mol. The molecule has 1 aliphatic carbocycles. The van der Waals surface area contributed by atoms with Crippen molar-refractivity contribution in [2.24, 2.45) is 5.92 Å². The van der Waals surface area contributed by atoms with Crippen LogP contribution < -0.4 is 10.1 Å². The summed E-state index contributed by atoms with van der Waals surface area (Å²) in [6, 6.07) is 4.03. The van der Waals surface area contributed by atoms with E-state index in [0.29, 0.717) is 6.10 Å². The summed E-state index contributed by atoms with van der Waals surface area (Å²) in [5.41, 5.74) is 1.15. The average molecular weight is 234 g/mol. The summed E-state index contributed by atoms with van der Waals surface area (Å²) in [5, 5.41) is 3.15. The Labute approximate surface area is 104 Å². The largest absolute Gasteiger partial charge is 0.474 e. The van der Waals surface area contributed by atoms with Gasteiger partial charge in [-0.1, -0.05) is 13.0 Å². The highest BCUT2D eigenvalue weighted by Crippen LogP contribution is 2.27. The second kappa shape index (κ2) is 6.01. The maximum absolute atomic E-state index is 6.04. The Balaban J connectivity index is 1.98. The van der Waals surface area contributed by atoms with Crippen LogP contribution in [0.4, 0.5) is 0 Å². The zero-order valence-electron chi connectivity index (χ0n) is 10.8. The molecule has 0 unspecified atom stereocenters. The van der Waals surface area contributed by atoms with Crippen molar-refractivity contribution in [1.29, 1.82) is 0 Å². The Hall–Kier alpha value is -1.09. The number of pyridine rings is 1. The first-order chi connectivity index (χ1) is 8.29. The van der Waals surface area contributed by atoms with E-state index in [2.05, 4.69) is 23.3 Å². The molecular weight excluding hydrogens is 212 g/mol. The molecule has 17 heavy (non-hydrogen) atoms. The van der Waals surface area contributed by atoms with E-state index in [0.717, 1.165) is 36.7 Å². The predicted octanol–water partition coefficient (Wildman–Crippen LogP) is 2.76. The fourth-order valence-electron chi connectivity index (χ4n) is 2.36. The first kappa shape index (κ1) is 12.4. The molecule has 1 aliphatic rings. The summed E-state index contributed by atoms with van der Waals surface area (Å²) in [6.45, 7) is 3.13. The molecule has 3 heteroatoms. The third-order valence-electron chi connectivity index (χ3n) is 3.46. The maximum atomic E-state index is 6.04. The number of aromatic nitrogens is 1. The topological polar surface area (TPSA) is 34.2 Å². The van der Waals surface area contributed by atoms with Gasteiger partial charge >= 0.3 is 0 Å². The zero-order chi connectivity index (χ0) is 12.1. The van der Waals surface area contributed by atoms with Crippen molar-refractivity contribution in [1.82, 2.24) is 10.3 Å². The van der Waals surface area contributed by atoms with E-state index in [-0.39, 0.29) is 0 Å². The molecule has 1 fully saturated rings. The van der Waals surface area contributed by atoms with Gasteiger partial charge < -0.3 is 10.1 Å². The molecule has 0 aliphatic heterocycles. The lowest BCUT2D eigenvalue weighted by Crippen LogP contribution is -2.24. The van der Waals surface area contributed by atoms with Gasteiger partial charge in [-0.2, -0.15) is 0 Å². The van der Waals surface area contributed by atoms with Crippen LogP contribution in [0.1, 0.15) is 38.2 Å². The fourth-order valence-corrected chi connectivity index (χ4v) is 2.36. The van der Waals surface area contributed by atoms with Gasteiger partial charge in [0, 0.05) is 18.3 Å². The molecule has 0 atom stereocenters. The molecule has 1 heterocycles. The van der Waals surface area contributed by atoms with Crippen molar-refractivity contribution in [3.05, 3.63) is 23.9 Å². The van der Waals surface area contributed by atoms with Gasteiger partial charge in [0.05, 0.1) is 0 Å². The molecule has 0 radical (unpaired) electrons. The lowest BCUT2D eigenvalue weighted by molar-refractivity contribution is 0.128. The van der Waals surface area contributed by atoms with Crippen LogP contribution >= 0.6 is 0 Å². The molecule has 94 valence electrons. The second-order valence-electron chi connectivity index (χ2n) is 5.00. The summed E-state index contributed by atoms with van der Waals surface area (Å²) in [5.74, 6) is 1.66. The third-order valence-corrected chi connectivity index (χ3v) is 3.46. The van der Waals surface area contributed by atoms with Gasteiger partial charge in [-0.15, -0.1) is 0 Å². The Bertz CT molecular complexity index is 346. The van der Waals surface area contributed by atoms with Crippen molar-refractivity contribution in [3.8, 4) is 5.88 Å². The van der Waals surface area contributed by atoms with Crippen molar-refractivity contribution in [2.75, 3.05) is 7.05 Å². The van der Waals surface area contributed by atoms with Crippen LogP contribution in [0.25, 0.3) is 0 Å². The standard InChI is InChI=1S/C14H22N2O/c1-11-5-7-13(8-6-11)17-14-12(10-15-2)4-3-9-16-14/h3-4,9,11,13,15H,5-8,10H2,1-2H3. The Morgan fingerprint density at radius 3 is 2.82 bits per heavy atom. The minimum Gasteiger partial charge on any atom is -0.474 e. The van der Waals surface area contributed by atoms with Crippen LogP contribution in [-0.2, 0) is 6.54 Å². The number of ether oxygens (including phenoxy) is 1. The number of rotatable bonds is 4. The molecule has 2 rings (SSSR count). The highest BCUT2D eigenvalue weighted by atomic mass is 16.5. The minimum absolute atomic E-state index is 0.358. The minimum atomic E-state index is 0.358. The number of hydrogen-bond acceptors (Lipinski definition) is 3. The Morgan fingerprint density at radius 2 is 2.12 bits per heavy atom. The maximum Gasteiger partial charge on any atom is 0.218 e. The second-order valence-corrected chi connectivity index (χ2v) is 5.00. The number of nitrogens with one attached hydrogen (secondary N) is 1. The molecule has 0 bridgehead atoms. The summed E-state index contributed by atoms with van der Waals surface area (Å²) >= 11 is 0. The first-order valence-corrected chi connectivity index (χ1v) is 6.54. The van der Waals surface area contributed by atoms with E-state index in [1.54, 1.807) is 6.20 Å². The summed E-state index contributed by atoms with van der Waals surface area (Å²) in [4.78, 5) is 4.35. The molecule has 0 spiro atoms. The van der Waals surface area contributed by atoms with Crippen molar-refractivity contribution in [2.45, 2.75) is 45.3 Å². The molecule has 3 nitrogen and oxygen atoms in total. The van der Waals surface area contributed by atoms with E-state index < -0.39 is 0 Å². The van der Waals surface area contributed by atoms with Crippen molar-refractivity contribution < 1.29 is 4.74 Å². The van der Waals surface area contributed by atoms with E-state index in [4.69, 9.17) is 4.74 Å². The van der Waals surface area contributed by atoms with Crippen LogP contribution in [0.3, 0.4) is 0 Å². The Morgan fingerprint density at radius 1 is 1.35 bits per heavy atom. The lowest BCUT2D eigenvalue weighted by atomic mass is 9.89. The molecule has 0 amide bonds. The SMILES string of the molecule is CNCc1cccnc1OC1CCC(C)CC1. The van der Waals surface area contributed by atoms with Gasteiger partial charge in [0.25, 0.3) is 0 Å². The first-order valence-electron chi connectivity index (χ1n) is 6.54. The number of nitrogens with zero attached hydrogens (tertiary/aromatic N) is 1. The Kier molecular flexibility index (Phi) is 4.37. The van der Waals surface area contributed by atoms with E-state index >= 15 is 0 Å². The molecule has 0 aromatic carbocycles. The van der Waals surface area contributed by atoms with Gasteiger partial charge in [0.1, 0.15) is 6.10 Å². The molecule has 1 saturated carbocycles. The van der Waals surface area contributed by atoms with E-state index in [9.17, 15) is 0 Å². The molecule has 0 saturated heterocycles. The van der Waals surface area contributed by atoms with Crippen LogP contribution in [0.5, 0.6) is 5.88 Å². The quantitative estimate of drug-likeness (QED) is 0.870. The average Bonchev–Trinajstić information content (AvgIpc) is 2.35. The molecule has 1 aromatic rings. The fraction of sp³-hybridized carbons (Fsp3) is 0.643. The highest BCUT2D eigenvalue weighted by molar-refractivity contribution is 5.25. The lowest BCUT2D eigenvalue weighted by Gasteiger charge is -2.27. The van der Waals surface area contributed by atoms with E-state index in [1.165, 1.54) is 12.8 Å². The molecule has 1 aromatic heterocycles. The van der Waals surface area contributed by atoms with Gasteiger partial charge in [-0.05, 0) is 44.7 Å². The zero-order valence-corrected chi connectivity index (χ0v) is 10.8. The molecular formula is C14H22N2O. The third kappa shape index (κ3) is 3.43. The monoisotopic (exact) mass is 234 g/mol. The van der Waals surface area contributed by atoms with Gasteiger partial charge in [-0.3, -0.25) is 0 Å². The smallest absolute Gasteiger partial charge is 0.218 e. The highest BCUT2D eigenvalue weighted by Gasteiger charge is 2.20. The molecule has 1 N–H and O–H groups in total. The summed E-state index contributed by atoms with van der Waals surface area (Å²) in [7, 11) is 1.94.